The van der Waals surface area contributed by atoms with Crippen molar-refractivity contribution in [2.24, 2.45) is 5.92 Å². The van der Waals surface area contributed by atoms with Crippen molar-refractivity contribution in [2.75, 3.05) is 10.6 Å². The summed E-state index contributed by atoms with van der Waals surface area (Å²) in [6.45, 7) is 2.00. The van der Waals surface area contributed by atoms with Crippen molar-refractivity contribution in [3.63, 3.8) is 0 Å². The van der Waals surface area contributed by atoms with E-state index >= 15 is 0 Å². The van der Waals surface area contributed by atoms with Crippen LogP contribution in [0.4, 0.5) is 21.2 Å². The summed E-state index contributed by atoms with van der Waals surface area (Å²) in [6.07, 6.45) is 7.48. The van der Waals surface area contributed by atoms with Crippen molar-refractivity contribution in [2.45, 2.75) is 44.7 Å². The third-order valence-electron chi connectivity index (χ3n) is 5.38. The van der Waals surface area contributed by atoms with Gasteiger partial charge in [-0.1, -0.05) is 0 Å². The number of fused-ring (bicyclic) bond motifs is 1. The molecule has 11 heteroatoms. The van der Waals surface area contributed by atoms with Crippen molar-refractivity contribution in [1.82, 2.24) is 30.5 Å². The van der Waals surface area contributed by atoms with E-state index in [9.17, 15) is 14.4 Å². The summed E-state index contributed by atoms with van der Waals surface area (Å²) in [5.41, 5.74) is 1.10. The average Bonchev–Trinajstić information content (AvgIpc) is 3.60. The standard InChI is InChI=1S/C19H22N8O3/c1-9(10-2-3-10)21-18(29)25-14-7-15(22-12-4-5-12)27-16(24-14)11(8-20-27)6-13-17(28)26-19(30)23-13/h6-10,12,22H,2-5H2,1H3,(H2,21,24,25,29)(H2,23,26,28,30)/b13-6-/t9-/m0/s1. The molecule has 1 atom stereocenters. The van der Waals surface area contributed by atoms with E-state index in [1.54, 1.807) is 16.8 Å². The number of anilines is 2. The number of nitrogens with one attached hydrogen (secondary N) is 5. The largest absolute Gasteiger partial charge is 0.367 e. The summed E-state index contributed by atoms with van der Waals surface area (Å²) >= 11 is 0. The smallest absolute Gasteiger partial charge is 0.326 e. The van der Waals surface area contributed by atoms with E-state index in [0.29, 0.717) is 34.8 Å². The molecule has 0 unspecified atom stereocenters. The Morgan fingerprint density at radius 1 is 1.27 bits per heavy atom. The molecule has 0 radical (unpaired) electrons. The van der Waals surface area contributed by atoms with Crippen LogP contribution in [0.25, 0.3) is 11.7 Å². The number of nitrogens with zero attached hydrogens (tertiary/aromatic N) is 3. The molecule has 1 aliphatic heterocycles. The summed E-state index contributed by atoms with van der Waals surface area (Å²) in [5.74, 6) is 1.08. The number of aromatic nitrogens is 3. The minimum Gasteiger partial charge on any atom is -0.367 e. The number of amides is 5. The first-order chi connectivity index (χ1) is 14.5. The second-order valence-electron chi connectivity index (χ2n) is 7.97. The Bertz CT molecular complexity index is 1080. The van der Waals surface area contributed by atoms with Gasteiger partial charge in [0.15, 0.2) is 5.65 Å². The van der Waals surface area contributed by atoms with Gasteiger partial charge in [-0.2, -0.15) is 9.61 Å². The number of carbonyl (C=O) groups is 3. The molecule has 156 valence electrons. The molecule has 2 aromatic heterocycles. The van der Waals surface area contributed by atoms with Crippen LogP contribution in [0, 0.1) is 5.92 Å². The summed E-state index contributed by atoms with van der Waals surface area (Å²) in [7, 11) is 0. The monoisotopic (exact) mass is 410 g/mol. The Hall–Kier alpha value is -3.63. The van der Waals surface area contributed by atoms with E-state index in [1.807, 2.05) is 6.92 Å². The molecular weight excluding hydrogens is 388 g/mol. The van der Waals surface area contributed by atoms with Crippen LogP contribution in [0.1, 0.15) is 38.2 Å². The molecule has 2 saturated carbocycles. The number of hydrogen-bond donors (Lipinski definition) is 5. The third-order valence-corrected chi connectivity index (χ3v) is 5.38. The summed E-state index contributed by atoms with van der Waals surface area (Å²) in [5, 5.41) is 18.1. The number of hydrogen-bond acceptors (Lipinski definition) is 6. The van der Waals surface area contributed by atoms with Gasteiger partial charge >= 0.3 is 12.1 Å². The Kier molecular flexibility index (Phi) is 4.30. The molecule has 3 aliphatic rings. The van der Waals surface area contributed by atoms with Crippen molar-refractivity contribution >= 4 is 41.3 Å². The normalized spacial score (nSPS) is 20.8. The Labute approximate surface area is 171 Å². The lowest BCUT2D eigenvalue weighted by molar-refractivity contribution is -0.115. The fourth-order valence-corrected chi connectivity index (χ4v) is 3.40. The molecule has 5 N–H and O–H groups in total. The maximum absolute atomic E-state index is 12.4. The van der Waals surface area contributed by atoms with Crippen molar-refractivity contribution in [3.8, 4) is 0 Å². The first-order valence-electron chi connectivity index (χ1n) is 10.0. The third kappa shape index (κ3) is 3.78. The van der Waals surface area contributed by atoms with Gasteiger partial charge in [0, 0.05) is 23.7 Å². The van der Waals surface area contributed by atoms with Gasteiger partial charge in [0.2, 0.25) is 0 Å². The van der Waals surface area contributed by atoms with Gasteiger partial charge in [0.05, 0.1) is 6.20 Å². The van der Waals surface area contributed by atoms with Crippen LogP contribution in [0.15, 0.2) is 18.0 Å². The van der Waals surface area contributed by atoms with E-state index in [0.717, 1.165) is 25.7 Å². The SMILES string of the molecule is C[C@H](NC(=O)Nc1cc(NC2CC2)n2ncc(/C=C3\NC(=O)NC3=O)c2n1)C1CC1. The highest BCUT2D eigenvalue weighted by atomic mass is 16.2. The lowest BCUT2D eigenvalue weighted by atomic mass is 10.2. The molecule has 3 heterocycles. The van der Waals surface area contributed by atoms with Crippen LogP contribution >= 0.6 is 0 Å². The summed E-state index contributed by atoms with van der Waals surface area (Å²) < 4.78 is 1.62. The Morgan fingerprint density at radius 2 is 2.07 bits per heavy atom. The quantitative estimate of drug-likeness (QED) is 0.360. The maximum atomic E-state index is 12.4. The fourth-order valence-electron chi connectivity index (χ4n) is 3.40. The Balaban J connectivity index is 1.46. The minimum atomic E-state index is -0.574. The van der Waals surface area contributed by atoms with E-state index in [2.05, 4.69) is 36.7 Å². The fraction of sp³-hybridized carbons (Fsp3) is 0.421. The van der Waals surface area contributed by atoms with Gasteiger partial charge in [0.1, 0.15) is 17.3 Å². The Morgan fingerprint density at radius 3 is 2.73 bits per heavy atom. The van der Waals surface area contributed by atoms with Gasteiger partial charge < -0.3 is 16.0 Å². The van der Waals surface area contributed by atoms with E-state index in [-0.39, 0.29) is 17.8 Å². The van der Waals surface area contributed by atoms with E-state index < -0.39 is 11.9 Å². The molecule has 30 heavy (non-hydrogen) atoms. The maximum Gasteiger partial charge on any atom is 0.326 e. The lowest BCUT2D eigenvalue weighted by Gasteiger charge is -2.14. The summed E-state index contributed by atoms with van der Waals surface area (Å²) in [4.78, 5) is 40.1. The van der Waals surface area contributed by atoms with Crippen molar-refractivity contribution in [1.29, 1.82) is 0 Å². The number of imide groups is 1. The molecule has 2 aliphatic carbocycles. The second-order valence-corrected chi connectivity index (χ2v) is 7.97. The number of carbonyl (C=O) groups excluding carboxylic acids is 3. The lowest BCUT2D eigenvalue weighted by Crippen LogP contribution is -2.37. The van der Waals surface area contributed by atoms with Crippen LogP contribution in [0.3, 0.4) is 0 Å². The highest BCUT2D eigenvalue weighted by Crippen LogP contribution is 2.32. The first kappa shape index (κ1) is 18.4. The number of rotatable bonds is 6. The predicted molar refractivity (Wildman–Crippen MR) is 109 cm³/mol. The highest BCUT2D eigenvalue weighted by molar-refractivity contribution is 6.14. The first-order valence-corrected chi connectivity index (χ1v) is 10.0. The highest BCUT2D eigenvalue weighted by Gasteiger charge is 2.29. The van der Waals surface area contributed by atoms with Gasteiger partial charge in [-0.25, -0.2) is 14.6 Å². The predicted octanol–water partition coefficient (Wildman–Crippen LogP) is 1.40. The zero-order valence-electron chi connectivity index (χ0n) is 16.4. The molecular formula is C19H22N8O3. The van der Waals surface area contributed by atoms with Crippen LogP contribution in [-0.4, -0.2) is 44.7 Å². The van der Waals surface area contributed by atoms with Crippen molar-refractivity contribution < 1.29 is 14.4 Å². The van der Waals surface area contributed by atoms with Crippen LogP contribution < -0.4 is 26.6 Å². The average molecular weight is 410 g/mol. The van der Waals surface area contributed by atoms with E-state index in [4.69, 9.17) is 0 Å². The van der Waals surface area contributed by atoms with Gasteiger partial charge in [-0.05, 0) is 44.6 Å². The van der Waals surface area contributed by atoms with Crippen LogP contribution in [0.2, 0.25) is 0 Å². The minimum absolute atomic E-state index is 0.109. The van der Waals surface area contributed by atoms with Crippen LogP contribution in [0.5, 0.6) is 0 Å². The van der Waals surface area contributed by atoms with Gasteiger partial charge in [-0.3, -0.25) is 15.4 Å². The number of urea groups is 2. The molecule has 2 aromatic rings. The van der Waals surface area contributed by atoms with Crippen molar-refractivity contribution in [3.05, 3.63) is 23.5 Å². The molecule has 5 rings (SSSR count). The van der Waals surface area contributed by atoms with Gasteiger partial charge in [-0.15, -0.1) is 0 Å². The molecule has 11 nitrogen and oxygen atoms in total. The molecule has 0 spiro atoms. The summed E-state index contributed by atoms with van der Waals surface area (Å²) in [6, 6.07) is 1.32. The molecule has 0 aromatic carbocycles. The zero-order chi connectivity index (χ0) is 20.8. The molecule has 0 bridgehead atoms. The topological polar surface area (TPSA) is 142 Å². The van der Waals surface area contributed by atoms with Crippen LogP contribution in [-0.2, 0) is 4.79 Å². The van der Waals surface area contributed by atoms with E-state index in [1.165, 1.54) is 6.08 Å². The second kappa shape index (κ2) is 7.01. The van der Waals surface area contributed by atoms with Gasteiger partial charge in [0.25, 0.3) is 5.91 Å². The molecule has 1 saturated heterocycles. The molecule has 5 amide bonds. The molecule has 3 fully saturated rings. The zero-order valence-corrected chi connectivity index (χ0v) is 16.4.